The number of halogens is 2. The molecule has 27 heavy (non-hydrogen) atoms. The van der Waals surface area contributed by atoms with E-state index in [0.717, 1.165) is 23.8 Å². The van der Waals surface area contributed by atoms with Gasteiger partial charge in [-0.1, -0.05) is 17.7 Å². The molecule has 0 unspecified atom stereocenters. The van der Waals surface area contributed by atoms with Crippen molar-refractivity contribution in [1.82, 2.24) is 4.90 Å². The first-order valence-electron chi connectivity index (χ1n) is 8.83. The average Bonchev–Trinajstić information content (AvgIpc) is 3.48. The molecule has 0 spiro atoms. The second-order valence-corrected chi connectivity index (χ2v) is 7.20. The van der Waals surface area contributed by atoms with Gasteiger partial charge in [-0.25, -0.2) is 9.18 Å². The Morgan fingerprint density at radius 2 is 2.04 bits per heavy atom. The minimum absolute atomic E-state index is 0.310. The summed E-state index contributed by atoms with van der Waals surface area (Å²) in [5, 5.41) is 1.27. The molecule has 1 saturated carbocycles. The predicted octanol–water partition coefficient (Wildman–Crippen LogP) is 4.76. The lowest BCUT2D eigenvalue weighted by Crippen LogP contribution is -2.26. The maximum Gasteiger partial charge on any atom is 0.336 e. The Bertz CT molecular complexity index is 1030. The summed E-state index contributed by atoms with van der Waals surface area (Å²) in [6.07, 6.45) is 2.11. The van der Waals surface area contributed by atoms with Crippen LogP contribution in [-0.2, 0) is 13.1 Å². The zero-order chi connectivity index (χ0) is 19.0. The van der Waals surface area contributed by atoms with Crippen LogP contribution in [0.1, 0.15) is 24.0 Å². The fourth-order valence-electron chi connectivity index (χ4n) is 3.33. The van der Waals surface area contributed by atoms with E-state index >= 15 is 0 Å². The highest BCUT2D eigenvalue weighted by Gasteiger charge is 2.30. The molecule has 0 aliphatic heterocycles. The molecule has 4 rings (SSSR count). The van der Waals surface area contributed by atoms with Crippen LogP contribution in [0.3, 0.4) is 0 Å². The Morgan fingerprint density at radius 3 is 2.74 bits per heavy atom. The maximum atomic E-state index is 14.2. The third-order valence-electron chi connectivity index (χ3n) is 4.90. The molecule has 1 heterocycles. The molecule has 1 aromatic heterocycles. The number of nitrogens with zero attached hydrogens (tertiary/aromatic N) is 1. The molecular weight excluding hydrogens is 369 g/mol. The lowest BCUT2D eigenvalue weighted by atomic mass is 10.1. The van der Waals surface area contributed by atoms with E-state index in [1.165, 1.54) is 12.1 Å². The van der Waals surface area contributed by atoms with Crippen molar-refractivity contribution in [1.29, 1.82) is 0 Å². The number of hydrogen-bond acceptors (Lipinski definition) is 4. The highest BCUT2D eigenvalue weighted by molar-refractivity contribution is 6.31. The molecule has 140 valence electrons. The highest BCUT2D eigenvalue weighted by atomic mass is 35.5. The van der Waals surface area contributed by atoms with Crippen LogP contribution in [0.2, 0.25) is 5.02 Å². The van der Waals surface area contributed by atoms with Crippen LogP contribution in [0.25, 0.3) is 11.0 Å². The molecular formula is C21H19ClFNO3. The van der Waals surface area contributed by atoms with Crippen molar-refractivity contribution in [2.24, 2.45) is 0 Å². The second kappa shape index (κ2) is 7.33. The Morgan fingerprint density at radius 1 is 1.22 bits per heavy atom. The number of methoxy groups -OCH3 is 1. The molecule has 3 aromatic rings. The molecule has 1 fully saturated rings. The van der Waals surface area contributed by atoms with Gasteiger partial charge in [-0.05, 0) is 42.7 Å². The van der Waals surface area contributed by atoms with E-state index in [9.17, 15) is 9.18 Å². The van der Waals surface area contributed by atoms with E-state index in [-0.39, 0.29) is 5.82 Å². The third-order valence-corrected chi connectivity index (χ3v) is 5.25. The summed E-state index contributed by atoms with van der Waals surface area (Å²) in [5.41, 5.74) is 1.41. The number of fused-ring (bicyclic) bond motifs is 1. The molecule has 0 atom stereocenters. The SMILES string of the molecule is COc1ccc2c(CN(Cc3c(F)cccc3Cl)C3CC3)cc(=O)oc2c1. The summed E-state index contributed by atoms with van der Waals surface area (Å²) in [7, 11) is 1.57. The van der Waals surface area contributed by atoms with Crippen LogP contribution < -0.4 is 10.4 Å². The Kier molecular flexibility index (Phi) is 4.89. The van der Waals surface area contributed by atoms with Crippen molar-refractivity contribution in [3.63, 3.8) is 0 Å². The van der Waals surface area contributed by atoms with Crippen LogP contribution >= 0.6 is 11.6 Å². The van der Waals surface area contributed by atoms with Gasteiger partial charge in [0.05, 0.1) is 7.11 Å². The van der Waals surface area contributed by atoms with Gasteiger partial charge >= 0.3 is 5.63 Å². The van der Waals surface area contributed by atoms with Crippen molar-refractivity contribution < 1.29 is 13.5 Å². The van der Waals surface area contributed by atoms with Gasteiger partial charge in [-0.2, -0.15) is 0 Å². The summed E-state index contributed by atoms with van der Waals surface area (Å²) in [5.74, 6) is 0.315. The van der Waals surface area contributed by atoms with Gasteiger partial charge in [0.2, 0.25) is 0 Å². The molecule has 0 bridgehead atoms. The zero-order valence-corrected chi connectivity index (χ0v) is 15.6. The summed E-state index contributed by atoms with van der Waals surface area (Å²) >= 11 is 6.21. The van der Waals surface area contributed by atoms with Crippen molar-refractivity contribution in [2.75, 3.05) is 7.11 Å². The Hall–Kier alpha value is -2.37. The quantitative estimate of drug-likeness (QED) is 0.572. The Balaban J connectivity index is 1.69. The number of ether oxygens (including phenoxy) is 1. The summed E-state index contributed by atoms with van der Waals surface area (Å²) < 4.78 is 24.8. The van der Waals surface area contributed by atoms with Crippen LogP contribution in [-0.4, -0.2) is 18.1 Å². The van der Waals surface area contributed by atoms with E-state index in [1.54, 1.807) is 25.3 Å². The van der Waals surface area contributed by atoms with E-state index in [2.05, 4.69) is 4.90 Å². The maximum absolute atomic E-state index is 14.2. The van der Waals surface area contributed by atoms with E-state index < -0.39 is 5.63 Å². The minimum Gasteiger partial charge on any atom is -0.497 e. The first-order valence-corrected chi connectivity index (χ1v) is 9.20. The first-order chi connectivity index (χ1) is 13.0. The van der Waals surface area contributed by atoms with Gasteiger partial charge in [0.1, 0.15) is 17.1 Å². The van der Waals surface area contributed by atoms with Crippen LogP contribution in [0.15, 0.2) is 51.7 Å². The van der Waals surface area contributed by atoms with E-state index in [1.807, 2.05) is 12.1 Å². The standard InChI is InChI=1S/C21H19ClFNO3/c1-26-15-7-8-16-13(9-21(25)27-20(16)10-15)11-24(14-5-6-14)12-17-18(22)3-2-4-19(17)23/h2-4,7-10,14H,5-6,11-12H2,1H3. The van der Waals surface area contributed by atoms with Crippen molar-refractivity contribution in [3.05, 3.63) is 74.9 Å². The summed E-state index contributed by atoms with van der Waals surface area (Å²) in [4.78, 5) is 14.2. The smallest absolute Gasteiger partial charge is 0.336 e. The largest absolute Gasteiger partial charge is 0.497 e. The van der Waals surface area contributed by atoms with E-state index in [0.29, 0.717) is 41.0 Å². The van der Waals surface area contributed by atoms with Gasteiger partial charge in [-0.15, -0.1) is 0 Å². The number of hydrogen-bond donors (Lipinski definition) is 0. The lowest BCUT2D eigenvalue weighted by Gasteiger charge is -2.23. The first kappa shape index (κ1) is 18.0. The van der Waals surface area contributed by atoms with Crippen molar-refractivity contribution >= 4 is 22.6 Å². The minimum atomic E-state index is -0.412. The van der Waals surface area contributed by atoms with Crippen LogP contribution in [0.5, 0.6) is 5.75 Å². The third kappa shape index (κ3) is 3.84. The molecule has 1 aliphatic rings. The second-order valence-electron chi connectivity index (χ2n) is 6.79. The molecule has 0 saturated heterocycles. The number of benzene rings is 2. The average molecular weight is 388 g/mol. The Labute approximate surface area is 161 Å². The molecule has 2 aromatic carbocycles. The van der Waals surface area contributed by atoms with Gasteiger partial charge in [0.25, 0.3) is 0 Å². The summed E-state index contributed by atoms with van der Waals surface area (Å²) in [6, 6.07) is 12.0. The number of rotatable bonds is 6. The van der Waals surface area contributed by atoms with Crippen molar-refractivity contribution in [2.45, 2.75) is 32.0 Å². The van der Waals surface area contributed by atoms with Crippen LogP contribution in [0.4, 0.5) is 4.39 Å². The summed E-state index contributed by atoms with van der Waals surface area (Å²) in [6.45, 7) is 0.914. The molecule has 4 nitrogen and oxygen atoms in total. The molecule has 0 radical (unpaired) electrons. The van der Waals surface area contributed by atoms with E-state index in [4.69, 9.17) is 20.8 Å². The van der Waals surface area contributed by atoms with Gasteiger partial charge < -0.3 is 9.15 Å². The predicted molar refractivity (Wildman–Crippen MR) is 103 cm³/mol. The monoisotopic (exact) mass is 387 g/mol. The normalized spacial score (nSPS) is 14.1. The topological polar surface area (TPSA) is 42.7 Å². The van der Waals surface area contributed by atoms with Gasteiger partial charge in [0, 0.05) is 47.2 Å². The molecule has 6 heteroatoms. The van der Waals surface area contributed by atoms with Crippen molar-refractivity contribution in [3.8, 4) is 5.75 Å². The highest BCUT2D eigenvalue weighted by Crippen LogP contribution is 2.33. The molecule has 1 aliphatic carbocycles. The fraction of sp³-hybridized carbons (Fsp3) is 0.286. The van der Waals surface area contributed by atoms with Gasteiger partial charge in [-0.3, -0.25) is 4.90 Å². The van der Waals surface area contributed by atoms with Crippen LogP contribution in [0, 0.1) is 5.82 Å². The molecule has 0 N–H and O–H groups in total. The van der Waals surface area contributed by atoms with Gasteiger partial charge in [0.15, 0.2) is 0 Å². The zero-order valence-electron chi connectivity index (χ0n) is 14.9. The lowest BCUT2D eigenvalue weighted by molar-refractivity contribution is 0.243. The molecule has 0 amide bonds. The fourth-order valence-corrected chi connectivity index (χ4v) is 3.55.